The van der Waals surface area contributed by atoms with Crippen molar-refractivity contribution in [1.29, 1.82) is 0 Å². The van der Waals surface area contributed by atoms with Crippen LogP contribution in [0.4, 0.5) is 0 Å². The first-order valence-corrected chi connectivity index (χ1v) is 2.46. The van der Waals surface area contributed by atoms with Crippen molar-refractivity contribution in [1.82, 2.24) is 5.32 Å². The molecule has 0 aromatic rings. The van der Waals surface area contributed by atoms with Crippen molar-refractivity contribution in [2.45, 2.75) is 6.42 Å². The number of ketones is 1. The van der Waals surface area contributed by atoms with Gasteiger partial charge >= 0.3 is 0 Å². The van der Waals surface area contributed by atoms with Crippen molar-refractivity contribution >= 4 is 5.78 Å². The van der Waals surface area contributed by atoms with Gasteiger partial charge in [0.05, 0.1) is 0 Å². The summed E-state index contributed by atoms with van der Waals surface area (Å²) in [6, 6.07) is 0. The van der Waals surface area contributed by atoms with Crippen LogP contribution in [0, 0.1) is 0 Å². The summed E-state index contributed by atoms with van der Waals surface area (Å²) in [5, 5.41) is 11.4. The molecule has 3 heteroatoms. The molecular formula is C5H7NO2. The highest BCUT2D eigenvalue weighted by Crippen LogP contribution is 1.97. The van der Waals surface area contributed by atoms with E-state index in [0.717, 1.165) is 0 Å². The molecular weight excluding hydrogens is 106 g/mol. The zero-order valence-corrected chi connectivity index (χ0v) is 4.35. The number of allylic oxidation sites excluding steroid dienone is 1. The molecule has 0 unspecified atom stereocenters. The molecule has 0 aliphatic carbocycles. The maximum Gasteiger partial charge on any atom is 0.200 e. The fourth-order valence-corrected chi connectivity index (χ4v) is 0.563. The van der Waals surface area contributed by atoms with E-state index in [9.17, 15) is 4.79 Å². The predicted molar refractivity (Wildman–Crippen MR) is 28.3 cm³/mol. The number of aliphatic hydroxyl groups is 1. The second-order valence-electron chi connectivity index (χ2n) is 1.66. The van der Waals surface area contributed by atoms with E-state index in [2.05, 4.69) is 5.32 Å². The van der Waals surface area contributed by atoms with Gasteiger partial charge in [-0.2, -0.15) is 0 Å². The van der Waals surface area contributed by atoms with Gasteiger partial charge in [0.25, 0.3) is 0 Å². The van der Waals surface area contributed by atoms with E-state index in [1.54, 1.807) is 0 Å². The van der Waals surface area contributed by atoms with Crippen molar-refractivity contribution in [2.75, 3.05) is 6.54 Å². The Morgan fingerprint density at radius 2 is 2.50 bits per heavy atom. The van der Waals surface area contributed by atoms with E-state index in [0.29, 0.717) is 13.0 Å². The van der Waals surface area contributed by atoms with Crippen molar-refractivity contribution in [3.05, 3.63) is 12.0 Å². The number of nitrogens with one attached hydrogen (secondary N) is 1. The second kappa shape index (κ2) is 1.86. The number of hydrogen-bond acceptors (Lipinski definition) is 3. The Morgan fingerprint density at radius 3 is 2.88 bits per heavy atom. The quantitative estimate of drug-likeness (QED) is 0.463. The van der Waals surface area contributed by atoms with E-state index in [4.69, 9.17) is 5.11 Å². The highest BCUT2D eigenvalue weighted by molar-refractivity contribution is 5.93. The lowest BCUT2D eigenvalue weighted by Gasteiger charge is -2.06. The van der Waals surface area contributed by atoms with Gasteiger partial charge in [-0.05, 0) is 0 Å². The second-order valence-corrected chi connectivity index (χ2v) is 1.66. The van der Waals surface area contributed by atoms with Gasteiger partial charge in [0.2, 0.25) is 0 Å². The van der Waals surface area contributed by atoms with Crippen molar-refractivity contribution in [2.24, 2.45) is 0 Å². The van der Waals surface area contributed by atoms with Gasteiger partial charge in [0.15, 0.2) is 11.5 Å². The largest absolute Gasteiger partial charge is 0.503 e. The lowest BCUT2D eigenvalue weighted by molar-refractivity contribution is -0.118. The van der Waals surface area contributed by atoms with Crippen LogP contribution < -0.4 is 5.32 Å². The summed E-state index contributed by atoms with van der Waals surface area (Å²) >= 11 is 0. The lowest BCUT2D eigenvalue weighted by Crippen LogP contribution is -2.21. The van der Waals surface area contributed by atoms with Crippen LogP contribution in [0.5, 0.6) is 0 Å². The third-order valence-corrected chi connectivity index (χ3v) is 1.02. The minimum atomic E-state index is -0.177. The number of carbonyl (C=O) groups is 1. The Hall–Kier alpha value is -0.990. The molecule has 0 aromatic carbocycles. The third kappa shape index (κ3) is 0.804. The molecule has 0 spiro atoms. The fraction of sp³-hybridized carbons (Fsp3) is 0.400. The van der Waals surface area contributed by atoms with E-state index in [1.807, 2.05) is 0 Å². The molecule has 0 radical (unpaired) electrons. The molecule has 0 saturated carbocycles. The zero-order chi connectivity index (χ0) is 5.98. The smallest absolute Gasteiger partial charge is 0.200 e. The number of rotatable bonds is 0. The molecule has 1 heterocycles. The molecule has 0 bridgehead atoms. The topological polar surface area (TPSA) is 49.3 Å². The fourth-order valence-electron chi connectivity index (χ4n) is 0.563. The summed E-state index contributed by atoms with van der Waals surface area (Å²) < 4.78 is 0. The van der Waals surface area contributed by atoms with Crippen LogP contribution in [0.3, 0.4) is 0 Å². The maximum atomic E-state index is 10.4. The number of carbonyl (C=O) groups excluding carboxylic acids is 1. The van der Waals surface area contributed by atoms with Crippen LogP contribution in [0.2, 0.25) is 0 Å². The minimum absolute atomic E-state index is 0.156. The molecule has 0 aromatic heterocycles. The summed E-state index contributed by atoms with van der Waals surface area (Å²) in [5.74, 6) is -0.333. The number of Topliss-reactive ketones (excluding diaryl/α,β-unsaturated/α-hetero) is 1. The van der Waals surface area contributed by atoms with Gasteiger partial charge in [-0.1, -0.05) is 0 Å². The molecule has 3 nitrogen and oxygen atoms in total. The number of hydrogen-bond donors (Lipinski definition) is 2. The van der Waals surface area contributed by atoms with Gasteiger partial charge < -0.3 is 10.4 Å². The lowest BCUT2D eigenvalue weighted by atomic mass is 10.2. The SMILES string of the molecule is O=C1CCNC=C1O. The summed E-state index contributed by atoms with van der Waals surface area (Å²) in [5.41, 5.74) is 0. The van der Waals surface area contributed by atoms with Crippen LogP contribution in [-0.2, 0) is 4.79 Å². The van der Waals surface area contributed by atoms with Crippen LogP contribution in [0.1, 0.15) is 6.42 Å². The molecule has 0 atom stereocenters. The van der Waals surface area contributed by atoms with Gasteiger partial charge in [-0.3, -0.25) is 4.79 Å². The summed E-state index contributed by atoms with van der Waals surface area (Å²) in [6.45, 7) is 0.642. The Labute approximate surface area is 47.0 Å². The molecule has 44 valence electrons. The Morgan fingerprint density at radius 1 is 1.75 bits per heavy atom. The molecule has 1 aliphatic heterocycles. The van der Waals surface area contributed by atoms with Gasteiger partial charge in [0.1, 0.15) is 0 Å². The Bertz CT molecular complexity index is 139. The van der Waals surface area contributed by atoms with E-state index >= 15 is 0 Å². The van der Waals surface area contributed by atoms with Crippen LogP contribution in [-0.4, -0.2) is 17.4 Å². The minimum Gasteiger partial charge on any atom is -0.503 e. The van der Waals surface area contributed by atoms with Crippen molar-refractivity contribution < 1.29 is 9.90 Å². The van der Waals surface area contributed by atoms with Crippen molar-refractivity contribution in [3.63, 3.8) is 0 Å². The molecule has 0 saturated heterocycles. The van der Waals surface area contributed by atoms with E-state index in [1.165, 1.54) is 6.20 Å². The van der Waals surface area contributed by atoms with E-state index in [-0.39, 0.29) is 11.5 Å². The molecule has 2 N–H and O–H groups in total. The first kappa shape index (κ1) is 5.15. The van der Waals surface area contributed by atoms with Crippen LogP contribution in [0.25, 0.3) is 0 Å². The Balaban J connectivity index is 2.67. The van der Waals surface area contributed by atoms with Crippen LogP contribution in [0.15, 0.2) is 12.0 Å². The molecule has 0 amide bonds. The average molecular weight is 113 g/mol. The van der Waals surface area contributed by atoms with Gasteiger partial charge in [-0.15, -0.1) is 0 Å². The van der Waals surface area contributed by atoms with Gasteiger partial charge in [0, 0.05) is 19.2 Å². The highest BCUT2D eigenvalue weighted by atomic mass is 16.3. The standard InChI is InChI=1S/C5H7NO2/c7-4-1-2-6-3-5(4)8/h3,6,8H,1-2H2. The van der Waals surface area contributed by atoms with Crippen LogP contribution >= 0.6 is 0 Å². The molecule has 1 aliphatic rings. The normalized spacial score (nSPS) is 19.5. The number of aliphatic hydroxyl groups excluding tert-OH is 1. The molecule has 1 rings (SSSR count). The highest BCUT2D eigenvalue weighted by Gasteiger charge is 2.09. The first-order valence-electron chi connectivity index (χ1n) is 2.46. The monoisotopic (exact) mass is 113 g/mol. The molecule has 8 heavy (non-hydrogen) atoms. The zero-order valence-electron chi connectivity index (χ0n) is 4.35. The van der Waals surface area contributed by atoms with E-state index < -0.39 is 0 Å². The first-order chi connectivity index (χ1) is 3.80. The molecule has 0 fully saturated rings. The van der Waals surface area contributed by atoms with Crippen molar-refractivity contribution in [3.8, 4) is 0 Å². The third-order valence-electron chi connectivity index (χ3n) is 1.02. The predicted octanol–water partition coefficient (Wildman–Crippen LogP) is -0.0518. The average Bonchev–Trinajstić information content (AvgIpc) is 1.77. The maximum absolute atomic E-state index is 10.4. The summed E-state index contributed by atoms with van der Waals surface area (Å²) in [7, 11) is 0. The Kier molecular flexibility index (Phi) is 1.20. The summed E-state index contributed by atoms with van der Waals surface area (Å²) in [6.07, 6.45) is 1.73. The van der Waals surface area contributed by atoms with Gasteiger partial charge in [-0.25, -0.2) is 0 Å². The summed E-state index contributed by atoms with van der Waals surface area (Å²) in [4.78, 5) is 10.4.